The molecule has 1 aliphatic heterocycles. The number of benzene rings is 2. The minimum absolute atomic E-state index is 0.0751. The van der Waals surface area contributed by atoms with Crippen molar-refractivity contribution in [1.29, 1.82) is 0 Å². The average molecular weight is 483 g/mol. The number of hydrogen-bond donors (Lipinski definition) is 3. The predicted octanol–water partition coefficient (Wildman–Crippen LogP) is 3.19. The number of carbonyl (C=O) groups is 2. The Balaban J connectivity index is 1.42. The Morgan fingerprint density at radius 2 is 1.74 bits per heavy atom. The smallest absolute Gasteiger partial charge is 0.322 e. The molecule has 2 atom stereocenters. The number of rotatable bonds is 6. The second-order valence-electron chi connectivity index (χ2n) is 8.48. The van der Waals surface area contributed by atoms with Crippen LogP contribution in [-0.4, -0.2) is 69.2 Å². The van der Waals surface area contributed by atoms with Gasteiger partial charge in [-0.05, 0) is 62.6 Å². The maximum absolute atomic E-state index is 13.0. The fourth-order valence-electron chi connectivity index (χ4n) is 3.92. The Bertz CT molecular complexity index is 1150. The molecule has 0 spiro atoms. The molecule has 0 unspecified atom stereocenters. The van der Waals surface area contributed by atoms with Crippen molar-refractivity contribution in [3.8, 4) is 5.69 Å². The fourth-order valence-corrected chi connectivity index (χ4v) is 4.04. The number of aromatic nitrogens is 2. The van der Waals surface area contributed by atoms with Gasteiger partial charge in [0.05, 0.1) is 12.6 Å². The van der Waals surface area contributed by atoms with Gasteiger partial charge in [0.2, 0.25) is 5.91 Å². The van der Waals surface area contributed by atoms with Crippen molar-refractivity contribution in [3.63, 3.8) is 0 Å². The number of anilines is 2. The van der Waals surface area contributed by atoms with E-state index in [0.29, 0.717) is 22.9 Å². The molecule has 3 aromatic rings. The largest absolute Gasteiger partial charge is 0.391 e. The van der Waals surface area contributed by atoms with Gasteiger partial charge in [0.25, 0.3) is 0 Å². The number of nitrogens with one attached hydrogen (secondary N) is 2. The van der Waals surface area contributed by atoms with E-state index in [1.54, 1.807) is 42.6 Å². The van der Waals surface area contributed by atoms with Gasteiger partial charge in [0.1, 0.15) is 11.9 Å². The third-order valence-electron chi connectivity index (χ3n) is 5.53. The van der Waals surface area contributed by atoms with Gasteiger partial charge in [-0.1, -0.05) is 11.6 Å². The summed E-state index contributed by atoms with van der Waals surface area (Å²) in [5, 5.41) is 16.3. The minimum Gasteiger partial charge on any atom is -0.391 e. The highest BCUT2D eigenvalue weighted by atomic mass is 35.5. The maximum Gasteiger partial charge on any atom is 0.322 e. The monoisotopic (exact) mass is 482 g/mol. The summed E-state index contributed by atoms with van der Waals surface area (Å²) in [7, 11) is 3.97. The first-order valence-electron chi connectivity index (χ1n) is 10.9. The SMILES string of the molecule is CN(C)Cc1nccn1-c1ccc(NC(=O)[C@@H]2C[C@@H](O)CN2C(=O)Nc2ccc(Cl)cc2)cc1. The van der Waals surface area contributed by atoms with Crippen LogP contribution in [0.25, 0.3) is 5.69 Å². The van der Waals surface area contributed by atoms with Crippen LogP contribution in [0.2, 0.25) is 5.02 Å². The number of nitrogens with zero attached hydrogens (tertiary/aromatic N) is 4. The second-order valence-corrected chi connectivity index (χ2v) is 8.92. The minimum atomic E-state index is -0.790. The van der Waals surface area contributed by atoms with Gasteiger partial charge >= 0.3 is 6.03 Å². The maximum atomic E-state index is 13.0. The van der Waals surface area contributed by atoms with E-state index in [2.05, 4.69) is 15.6 Å². The van der Waals surface area contributed by atoms with Gasteiger partial charge in [0.15, 0.2) is 0 Å². The Kier molecular flexibility index (Phi) is 7.16. The Morgan fingerprint density at radius 1 is 1.09 bits per heavy atom. The van der Waals surface area contributed by atoms with Crippen molar-refractivity contribution in [2.45, 2.75) is 25.1 Å². The van der Waals surface area contributed by atoms with Crippen LogP contribution in [0.4, 0.5) is 16.2 Å². The summed E-state index contributed by atoms with van der Waals surface area (Å²) in [6, 6.07) is 12.8. The molecule has 10 heteroatoms. The molecule has 34 heavy (non-hydrogen) atoms. The summed E-state index contributed by atoms with van der Waals surface area (Å²) in [6.45, 7) is 0.773. The fraction of sp³-hybridized carbons (Fsp3) is 0.292. The molecule has 2 aromatic carbocycles. The lowest BCUT2D eigenvalue weighted by molar-refractivity contribution is -0.119. The Labute approximate surface area is 203 Å². The average Bonchev–Trinajstić information content (AvgIpc) is 3.42. The number of hydrogen-bond acceptors (Lipinski definition) is 5. The van der Waals surface area contributed by atoms with Crippen LogP contribution in [0.3, 0.4) is 0 Å². The van der Waals surface area contributed by atoms with Crippen LogP contribution in [0.1, 0.15) is 12.2 Å². The van der Waals surface area contributed by atoms with Crippen molar-refractivity contribution in [3.05, 3.63) is 71.8 Å². The van der Waals surface area contributed by atoms with Gasteiger partial charge in [-0.15, -0.1) is 0 Å². The van der Waals surface area contributed by atoms with Crippen LogP contribution in [0, 0.1) is 0 Å². The number of carbonyl (C=O) groups excluding carboxylic acids is 2. The molecule has 2 heterocycles. The van der Waals surface area contributed by atoms with Crippen molar-refractivity contribution >= 4 is 34.9 Å². The van der Waals surface area contributed by atoms with Crippen LogP contribution >= 0.6 is 11.6 Å². The number of likely N-dealkylation sites (tertiary alicyclic amines) is 1. The van der Waals surface area contributed by atoms with Crippen molar-refractivity contribution in [1.82, 2.24) is 19.4 Å². The lowest BCUT2D eigenvalue weighted by Gasteiger charge is -2.24. The van der Waals surface area contributed by atoms with Crippen LogP contribution < -0.4 is 10.6 Å². The number of imidazole rings is 1. The molecule has 3 amide bonds. The summed E-state index contributed by atoms with van der Waals surface area (Å²) in [6.07, 6.45) is 3.04. The zero-order chi connectivity index (χ0) is 24.2. The highest BCUT2D eigenvalue weighted by Crippen LogP contribution is 2.23. The molecule has 9 nitrogen and oxygen atoms in total. The number of aliphatic hydroxyl groups is 1. The lowest BCUT2D eigenvalue weighted by atomic mass is 10.1. The van der Waals surface area contributed by atoms with E-state index in [0.717, 1.165) is 11.5 Å². The summed E-state index contributed by atoms with van der Waals surface area (Å²) in [5.41, 5.74) is 2.08. The highest BCUT2D eigenvalue weighted by Gasteiger charge is 2.39. The van der Waals surface area contributed by atoms with E-state index in [4.69, 9.17) is 11.6 Å². The molecule has 1 aliphatic rings. The summed E-state index contributed by atoms with van der Waals surface area (Å²) in [4.78, 5) is 33.5. The van der Waals surface area contributed by atoms with Gasteiger partial charge in [-0.2, -0.15) is 0 Å². The number of β-amino-alcohol motifs (C(OH)–C–C–N with tert-alkyl or cyclic N) is 1. The Morgan fingerprint density at radius 3 is 2.41 bits per heavy atom. The van der Waals surface area contributed by atoms with Crippen molar-refractivity contribution < 1.29 is 14.7 Å². The summed E-state index contributed by atoms with van der Waals surface area (Å²) in [5.74, 6) is 0.551. The molecule has 1 saturated heterocycles. The van der Waals surface area contributed by atoms with Gasteiger partial charge in [0, 0.05) is 47.4 Å². The van der Waals surface area contributed by atoms with E-state index in [1.165, 1.54) is 4.90 Å². The number of halogens is 1. The first-order valence-corrected chi connectivity index (χ1v) is 11.3. The zero-order valence-electron chi connectivity index (χ0n) is 19.0. The standard InChI is InChI=1S/C24H27ClN6O3/c1-29(2)15-22-26-11-12-30(22)19-9-7-17(8-10-19)27-23(33)21-13-20(32)14-31(21)24(34)28-18-5-3-16(25)4-6-18/h3-12,20-21,32H,13-15H2,1-2H3,(H,27,33)(H,28,34)/t20-,21+/m1/s1. The first-order chi connectivity index (χ1) is 16.3. The van der Waals surface area contributed by atoms with Crippen molar-refractivity contribution in [2.75, 3.05) is 31.3 Å². The van der Waals surface area contributed by atoms with Gasteiger partial charge < -0.3 is 30.1 Å². The second kappa shape index (κ2) is 10.3. The summed E-state index contributed by atoms with van der Waals surface area (Å²) < 4.78 is 1.99. The molecule has 1 fully saturated rings. The molecule has 4 rings (SSSR count). The zero-order valence-corrected chi connectivity index (χ0v) is 19.7. The van der Waals surface area contributed by atoms with E-state index in [1.807, 2.05) is 41.9 Å². The van der Waals surface area contributed by atoms with E-state index in [-0.39, 0.29) is 18.9 Å². The van der Waals surface area contributed by atoms with E-state index >= 15 is 0 Å². The number of urea groups is 1. The van der Waals surface area contributed by atoms with E-state index in [9.17, 15) is 14.7 Å². The van der Waals surface area contributed by atoms with E-state index < -0.39 is 18.2 Å². The molecule has 0 saturated carbocycles. The van der Waals surface area contributed by atoms with Crippen molar-refractivity contribution in [2.24, 2.45) is 0 Å². The third kappa shape index (κ3) is 5.56. The normalized spacial score (nSPS) is 17.7. The quantitative estimate of drug-likeness (QED) is 0.500. The van der Waals surface area contributed by atoms with Gasteiger partial charge in [-0.25, -0.2) is 9.78 Å². The topological polar surface area (TPSA) is 103 Å². The summed E-state index contributed by atoms with van der Waals surface area (Å²) >= 11 is 5.89. The van der Waals surface area contributed by atoms with Crippen LogP contribution in [-0.2, 0) is 11.3 Å². The third-order valence-corrected chi connectivity index (χ3v) is 5.78. The molecular formula is C24H27ClN6O3. The highest BCUT2D eigenvalue weighted by molar-refractivity contribution is 6.30. The molecule has 0 bridgehead atoms. The molecule has 1 aromatic heterocycles. The Hall–Kier alpha value is -3.40. The molecule has 178 valence electrons. The van der Waals surface area contributed by atoms with Gasteiger partial charge in [-0.3, -0.25) is 4.79 Å². The number of aliphatic hydroxyl groups excluding tert-OH is 1. The molecule has 0 aliphatic carbocycles. The molecule has 0 radical (unpaired) electrons. The molecular weight excluding hydrogens is 456 g/mol. The molecule has 3 N–H and O–H groups in total. The van der Waals surface area contributed by atoms with Crippen LogP contribution in [0.5, 0.6) is 0 Å². The predicted molar refractivity (Wildman–Crippen MR) is 131 cm³/mol. The van der Waals surface area contributed by atoms with Crippen LogP contribution in [0.15, 0.2) is 60.9 Å². The lowest BCUT2D eigenvalue weighted by Crippen LogP contribution is -2.45. The number of amides is 3. The first kappa shape index (κ1) is 23.7.